The molecule has 1 saturated carbocycles. The minimum absolute atomic E-state index is 0.0568. The summed E-state index contributed by atoms with van der Waals surface area (Å²) in [5.74, 6) is 0.298. The van der Waals surface area contributed by atoms with Crippen molar-refractivity contribution in [3.8, 4) is 0 Å². The van der Waals surface area contributed by atoms with Gasteiger partial charge in [0.1, 0.15) is 0 Å². The van der Waals surface area contributed by atoms with Crippen LogP contribution in [0.5, 0.6) is 0 Å². The zero-order valence-electron chi connectivity index (χ0n) is 17.4. The van der Waals surface area contributed by atoms with Gasteiger partial charge in [-0.25, -0.2) is 9.18 Å². The average molecular weight is 398 g/mol. The first-order valence-electron chi connectivity index (χ1n) is 11.1. The Labute approximate surface area is 168 Å². The van der Waals surface area contributed by atoms with Crippen LogP contribution in [-0.2, 0) is 9.53 Å². The molecule has 1 N–H and O–H groups in total. The van der Waals surface area contributed by atoms with E-state index in [1.165, 1.54) is 12.8 Å². The number of nitrogens with one attached hydrogen (secondary N) is 1. The molecule has 2 heterocycles. The number of likely N-dealkylation sites (tertiary alicyclic amines) is 2. The maximum absolute atomic E-state index is 15.2. The number of hydrogen-bond donors (Lipinski definition) is 1. The third-order valence-corrected chi connectivity index (χ3v) is 6.50. The van der Waals surface area contributed by atoms with E-state index in [0.29, 0.717) is 32.3 Å². The number of carbonyl (C=O) groups is 2. The van der Waals surface area contributed by atoms with Crippen LogP contribution < -0.4 is 5.32 Å². The fourth-order valence-electron chi connectivity index (χ4n) is 4.58. The van der Waals surface area contributed by atoms with E-state index in [1.54, 1.807) is 4.90 Å². The molecule has 2 atom stereocenters. The third-order valence-electron chi connectivity index (χ3n) is 6.50. The Morgan fingerprint density at radius 1 is 1.14 bits per heavy atom. The van der Waals surface area contributed by atoms with Crippen molar-refractivity contribution >= 4 is 12.0 Å². The lowest BCUT2D eigenvalue weighted by atomic mass is 9.90. The summed E-state index contributed by atoms with van der Waals surface area (Å²) in [5, 5.41) is 2.91. The fraction of sp³-hybridized carbons (Fsp3) is 0.905. The lowest BCUT2D eigenvalue weighted by Gasteiger charge is -2.39. The van der Waals surface area contributed by atoms with Gasteiger partial charge in [-0.05, 0) is 45.4 Å². The van der Waals surface area contributed by atoms with Crippen molar-refractivity contribution in [1.82, 2.24) is 15.1 Å². The molecule has 3 fully saturated rings. The third kappa shape index (κ3) is 5.58. The standard InChI is InChI=1S/C21H36FN3O3/c1-3-28-20(27)25-11-4-5-18(8-12-25)24-13-9-21(22,10-14-24)19(26)23-16(2)15-17-6-7-17/h16-18H,3-15H2,1-2H3,(H,23,26). The minimum Gasteiger partial charge on any atom is -0.450 e. The molecule has 0 aromatic rings. The van der Waals surface area contributed by atoms with Crippen molar-refractivity contribution in [3.63, 3.8) is 0 Å². The molecule has 3 aliphatic rings. The number of alkyl halides is 1. The van der Waals surface area contributed by atoms with Crippen LogP contribution in [0.15, 0.2) is 0 Å². The Morgan fingerprint density at radius 2 is 1.86 bits per heavy atom. The lowest BCUT2D eigenvalue weighted by Crippen LogP contribution is -2.54. The Bertz CT molecular complexity index is 547. The molecule has 0 bridgehead atoms. The molecule has 2 saturated heterocycles. The van der Waals surface area contributed by atoms with E-state index in [9.17, 15) is 9.59 Å². The van der Waals surface area contributed by atoms with Gasteiger partial charge in [-0.15, -0.1) is 0 Å². The van der Waals surface area contributed by atoms with E-state index in [4.69, 9.17) is 4.74 Å². The number of halogens is 1. The highest BCUT2D eigenvalue weighted by Crippen LogP contribution is 2.34. The Hall–Kier alpha value is -1.37. The van der Waals surface area contributed by atoms with Crippen molar-refractivity contribution in [3.05, 3.63) is 0 Å². The fourth-order valence-corrected chi connectivity index (χ4v) is 4.58. The van der Waals surface area contributed by atoms with Gasteiger partial charge in [-0.1, -0.05) is 12.8 Å². The Kier molecular flexibility index (Phi) is 7.18. The van der Waals surface area contributed by atoms with Crippen molar-refractivity contribution in [2.24, 2.45) is 5.92 Å². The van der Waals surface area contributed by atoms with Crippen molar-refractivity contribution in [2.75, 3.05) is 32.8 Å². The molecule has 0 aromatic heterocycles. The van der Waals surface area contributed by atoms with E-state index in [1.807, 2.05) is 13.8 Å². The lowest BCUT2D eigenvalue weighted by molar-refractivity contribution is -0.137. The summed E-state index contributed by atoms with van der Waals surface area (Å²) >= 11 is 0. The summed E-state index contributed by atoms with van der Waals surface area (Å²) in [5.41, 5.74) is -1.74. The van der Waals surface area contributed by atoms with Gasteiger partial charge in [0.25, 0.3) is 5.91 Å². The molecular weight excluding hydrogens is 361 g/mol. The topological polar surface area (TPSA) is 61.9 Å². The number of hydrogen-bond acceptors (Lipinski definition) is 4. The summed E-state index contributed by atoms with van der Waals surface area (Å²) in [6, 6.07) is 0.405. The van der Waals surface area contributed by atoms with Crippen LogP contribution in [0, 0.1) is 5.92 Å². The molecular formula is C21H36FN3O3. The van der Waals surface area contributed by atoms with Crippen LogP contribution in [-0.4, -0.2) is 72.3 Å². The molecule has 7 heteroatoms. The Balaban J connectivity index is 1.44. The van der Waals surface area contributed by atoms with Crippen molar-refractivity contribution in [1.29, 1.82) is 0 Å². The summed E-state index contributed by atoms with van der Waals surface area (Å²) in [6.45, 7) is 6.80. The largest absolute Gasteiger partial charge is 0.450 e. The van der Waals surface area contributed by atoms with Gasteiger partial charge in [0.15, 0.2) is 5.67 Å². The number of carbonyl (C=O) groups excluding carboxylic acids is 2. The molecule has 1 aliphatic carbocycles. The van der Waals surface area contributed by atoms with Crippen LogP contribution in [0.3, 0.4) is 0 Å². The number of nitrogens with zero attached hydrogens (tertiary/aromatic N) is 2. The molecule has 6 nitrogen and oxygen atoms in total. The van der Waals surface area contributed by atoms with E-state index in [0.717, 1.165) is 38.1 Å². The van der Waals surface area contributed by atoms with Gasteiger partial charge in [0, 0.05) is 51.1 Å². The van der Waals surface area contributed by atoms with Gasteiger partial charge >= 0.3 is 6.09 Å². The predicted molar refractivity (Wildman–Crippen MR) is 106 cm³/mol. The summed E-state index contributed by atoms with van der Waals surface area (Å²) in [7, 11) is 0. The van der Waals surface area contributed by atoms with Gasteiger partial charge in [-0.3, -0.25) is 4.79 Å². The van der Waals surface area contributed by atoms with E-state index in [2.05, 4.69) is 10.2 Å². The van der Waals surface area contributed by atoms with Gasteiger partial charge in [-0.2, -0.15) is 0 Å². The molecule has 3 rings (SSSR count). The van der Waals surface area contributed by atoms with E-state index < -0.39 is 11.6 Å². The predicted octanol–water partition coefficient (Wildman–Crippen LogP) is 3.11. The molecule has 0 radical (unpaired) electrons. The SMILES string of the molecule is CCOC(=O)N1CCCC(N2CCC(F)(C(=O)NC(C)CC3CC3)CC2)CC1. The summed E-state index contributed by atoms with van der Waals surface area (Å²) < 4.78 is 20.4. The first kappa shape index (κ1) is 21.3. The molecule has 28 heavy (non-hydrogen) atoms. The van der Waals surface area contributed by atoms with Crippen LogP contribution in [0.1, 0.15) is 65.2 Å². The maximum Gasteiger partial charge on any atom is 0.409 e. The van der Waals surface area contributed by atoms with Crippen LogP contribution >= 0.6 is 0 Å². The highest BCUT2D eigenvalue weighted by molar-refractivity contribution is 5.85. The Morgan fingerprint density at radius 3 is 2.50 bits per heavy atom. The number of amides is 2. The zero-order valence-corrected chi connectivity index (χ0v) is 17.4. The van der Waals surface area contributed by atoms with Crippen LogP contribution in [0.4, 0.5) is 9.18 Å². The monoisotopic (exact) mass is 397 g/mol. The van der Waals surface area contributed by atoms with Gasteiger partial charge in [0.2, 0.25) is 0 Å². The number of ether oxygens (including phenoxy) is 1. The smallest absolute Gasteiger partial charge is 0.409 e. The van der Waals surface area contributed by atoms with Crippen molar-refractivity contribution < 1.29 is 18.7 Å². The summed E-state index contributed by atoms with van der Waals surface area (Å²) in [6.07, 6.45) is 6.53. The van der Waals surface area contributed by atoms with Crippen LogP contribution in [0.2, 0.25) is 0 Å². The first-order chi connectivity index (χ1) is 13.4. The number of rotatable bonds is 6. The molecule has 2 aliphatic heterocycles. The molecule has 160 valence electrons. The first-order valence-corrected chi connectivity index (χ1v) is 11.1. The highest BCUT2D eigenvalue weighted by atomic mass is 19.1. The second kappa shape index (κ2) is 9.42. The molecule has 0 spiro atoms. The quantitative estimate of drug-likeness (QED) is 0.748. The summed E-state index contributed by atoms with van der Waals surface area (Å²) in [4.78, 5) is 28.5. The van der Waals surface area contributed by atoms with E-state index in [-0.39, 0.29) is 25.0 Å². The maximum atomic E-state index is 15.2. The minimum atomic E-state index is -1.74. The number of piperidine rings is 1. The highest BCUT2D eigenvalue weighted by Gasteiger charge is 2.43. The van der Waals surface area contributed by atoms with Gasteiger partial charge < -0.3 is 19.9 Å². The van der Waals surface area contributed by atoms with E-state index >= 15 is 4.39 Å². The van der Waals surface area contributed by atoms with Crippen molar-refractivity contribution in [2.45, 2.75) is 83.0 Å². The second-order valence-electron chi connectivity index (χ2n) is 8.83. The average Bonchev–Trinajstić information content (AvgIpc) is 3.49. The molecule has 2 unspecified atom stereocenters. The second-order valence-corrected chi connectivity index (χ2v) is 8.83. The van der Waals surface area contributed by atoms with Crippen LogP contribution in [0.25, 0.3) is 0 Å². The molecule has 2 amide bonds. The molecule has 0 aromatic carbocycles. The van der Waals surface area contributed by atoms with Gasteiger partial charge in [0.05, 0.1) is 6.61 Å². The zero-order chi connectivity index (χ0) is 20.1. The normalized spacial score (nSPS) is 27.0.